The molecule has 1 aromatic rings. The van der Waals surface area contributed by atoms with E-state index in [9.17, 15) is 17.6 Å². The van der Waals surface area contributed by atoms with Gasteiger partial charge in [-0.2, -0.15) is 13.2 Å². The van der Waals surface area contributed by atoms with Crippen molar-refractivity contribution in [3.63, 3.8) is 0 Å². The lowest BCUT2D eigenvalue weighted by Crippen LogP contribution is -2.40. The average Bonchev–Trinajstić information content (AvgIpc) is 2.38. The molecule has 0 amide bonds. The molecule has 0 aliphatic carbocycles. The van der Waals surface area contributed by atoms with E-state index in [1.54, 1.807) is 7.05 Å². The highest BCUT2D eigenvalue weighted by atomic mass is 19.4. The zero-order chi connectivity index (χ0) is 14.9. The van der Waals surface area contributed by atoms with Crippen LogP contribution in [0.3, 0.4) is 0 Å². The van der Waals surface area contributed by atoms with Gasteiger partial charge in [0.05, 0.1) is 5.56 Å². The maximum Gasteiger partial charge on any atom is 0.416 e. The minimum absolute atomic E-state index is 0.0414. The maximum atomic E-state index is 13.2. The molecule has 2 rings (SSSR count). The monoisotopic (exact) mass is 290 g/mol. The highest BCUT2D eigenvalue weighted by molar-refractivity contribution is 5.34. The van der Waals surface area contributed by atoms with Gasteiger partial charge in [0, 0.05) is 6.04 Å². The molecule has 2 atom stereocenters. The van der Waals surface area contributed by atoms with Gasteiger partial charge in [0.15, 0.2) is 0 Å². The van der Waals surface area contributed by atoms with Crippen molar-refractivity contribution >= 4 is 0 Å². The Morgan fingerprint density at radius 1 is 1.35 bits per heavy atom. The summed E-state index contributed by atoms with van der Waals surface area (Å²) in [5.74, 6) is -0.913. The van der Waals surface area contributed by atoms with Crippen LogP contribution in [0.15, 0.2) is 18.2 Å². The van der Waals surface area contributed by atoms with Crippen LogP contribution in [0.5, 0.6) is 0 Å². The molecule has 0 spiro atoms. The van der Waals surface area contributed by atoms with Gasteiger partial charge in [0.25, 0.3) is 0 Å². The zero-order valence-electron chi connectivity index (χ0n) is 11.3. The van der Waals surface area contributed by atoms with Crippen molar-refractivity contribution in [1.82, 2.24) is 4.90 Å². The quantitative estimate of drug-likeness (QED) is 0.848. The van der Waals surface area contributed by atoms with Crippen molar-refractivity contribution in [2.45, 2.75) is 25.1 Å². The Labute approximate surface area is 115 Å². The Morgan fingerprint density at radius 3 is 2.65 bits per heavy atom. The Kier molecular flexibility index (Phi) is 4.34. The number of piperidine rings is 1. The van der Waals surface area contributed by atoms with Gasteiger partial charge >= 0.3 is 6.18 Å². The van der Waals surface area contributed by atoms with Crippen LogP contribution in [-0.2, 0) is 6.18 Å². The fourth-order valence-electron chi connectivity index (χ4n) is 3.03. The van der Waals surface area contributed by atoms with E-state index >= 15 is 0 Å². The van der Waals surface area contributed by atoms with Gasteiger partial charge < -0.3 is 5.73 Å². The van der Waals surface area contributed by atoms with Gasteiger partial charge in [0.2, 0.25) is 0 Å². The predicted molar refractivity (Wildman–Crippen MR) is 68.6 cm³/mol. The fraction of sp³-hybridized carbons (Fsp3) is 0.571. The molecule has 2 nitrogen and oxygen atoms in total. The lowest BCUT2D eigenvalue weighted by Gasteiger charge is -2.40. The average molecular weight is 290 g/mol. The zero-order valence-corrected chi connectivity index (χ0v) is 11.3. The number of hydrogen-bond acceptors (Lipinski definition) is 2. The van der Waals surface area contributed by atoms with Crippen LogP contribution >= 0.6 is 0 Å². The molecule has 1 saturated heterocycles. The first-order valence-corrected chi connectivity index (χ1v) is 6.61. The number of nitrogens with two attached hydrogens (primary N) is 1. The van der Waals surface area contributed by atoms with Crippen molar-refractivity contribution in [1.29, 1.82) is 0 Å². The molecule has 0 aromatic heterocycles. The van der Waals surface area contributed by atoms with Gasteiger partial charge in [-0.3, -0.25) is 4.90 Å². The molecule has 112 valence electrons. The van der Waals surface area contributed by atoms with Crippen LogP contribution in [0.25, 0.3) is 0 Å². The number of likely N-dealkylation sites (tertiary alicyclic amines) is 1. The number of halogens is 4. The van der Waals surface area contributed by atoms with Gasteiger partial charge in [0.1, 0.15) is 5.82 Å². The van der Waals surface area contributed by atoms with Gasteiger partial charge in [-0.05, 0) is 56.6 Å². The largest absolute Gasteiger partial charge is 0.416 e. The molecule has 0 saturated carbocycles. The predicted octanol–water partition coefficient (Wildman–Crippen LogP) is 3.19. The third-order valence-corrected chi connectivity index (χ3v) is 3.95. The van der Waals surface area contributed by atoms with E-state index in [-0.39, 0.29) is 11.5 Å². The van der Waals surface area contributed by atoms with Crippen LogP contribution < -0.4 is 5.73 Å². The third-order valence-electron chi connectivity index (χ3n) is 3.95. The number of rotatable bonds is 2. The minimum Gasteiger partial charge on any atom is -0.330 e. The molecule has 2 unspecified atom stereocenters. The molecular formula is C14H18F4N2. The summed E-state index contributed by atoms with van der Waals surface area (Å²) >= 11 is 0. The maximum absolute atomic E-state index is 13.2. The van der Waals surface area contributed by atoms with E-state index in [1.807, 2.05) is 4.90 Å². The second-order valence-corrected chi connectivity index (χ2v) is 5.29. The summed E-state index contributed by atoms with van der Waals surface area (Å²) in [6, 6.07) is 2.49. The first kappa shape index (κ1) is 15.3. The molecule has 2 N–H and O–H groups in total. The van der Waals surface area contributed by atoms with Crippen molar-refractivity contribution in [2.24, 2.45) is 11.7 Å². The molecule has 1 aliphatic rings. The van der Waals surface area contributed by atoms with E-state index < -0.39 is 23.6 Å². The number of alkyl halides is 3. The summed E-state index contributed by atoms with van der Waals surface area (Å²) < 4.78 is 52.6. The Morgan fingerprint density at radius 2 is 2.05 bits per heavy atom. The molecule has 20 heavy (non-hydrogen) atoms. The first-order valence-electron chi connectivity index (χ1n) is 6.61. The van der Waals surface area contributed by atoms with Gasteiger partial charge in [-0.1, -0.05) is 6.07 Å². The molecular weight excluding hydrogens is 272 g/mol. The summed E-state index contributed by atoms with van der Waals surface area (Å²) in [5, 5.41) is 0. The van der Waals surface area contributed by atoms with Gasteiger partial charge in [-0.25, -0.2) is 4.39 Å². The number of hydrogen-bond donors (Lipinski definition) is 1. The summed E-state index contributed by atoms with van der Waals surface area (Å²) in [6.07, 6.45) is -2.85. The highest BCUT2D eigenvalue weighted by Crippen LogP contribution is 2.41. The molecule has 1 aromatic carbocycles. The lowest BCUT2D eigenvalue weighted by atomic mass is 9.83. The van der Waals surface area contributed by atoms with E-state index in [0.29, 0.717) is 12.6 Å². The van der Waals surface area contributed by atoms with Crippen molar-refractivity contribution in [3.05, 3.63) is 35.1 Å². The van der Waals surface area contributed by atoms with Crippen LogP contribution in [0.4, 0.5) is 17.6 Å². The van der Waals surface area contributed by atoms with E-state index in [0.717, 1.165) is 25.5 Å². The van der Waals surface area contributed by atoms with Crippen molar-refractivity contribution in [2.75, 3.05) is 20.1 Å². The summed E-state index contributed by atoms with van der Waals surface area (Å²) in [5.41, 5.74) is 4.93. The second-order valence-electron chi connectivity index (χ2n) is 5.29. The van der Waals surface area contributed by atoms with E-state index in [2.05, 4.69) is 0 Å². The van der Waals surface area contributed by atoms with E-state index in [4.69, 9.17) is 5.73 Å². The second kappa shape index (κ2) is 5.69. The number of benzene rings is 1. The lowest BCUT2D eigenvalue weighted by molar-refractivity contribution is -0.139. The standard InChI is InChI=1S/C14H18F4N2/c1-20-6-2-3-9(8-19)13(20)11-5-4-10(15)7-12(11)14(16,17)18/h4-5,7,9,13H,2-3,6,8,19H2,1H3. The fourth-order valence-corrected chi connectivity index (χ4v) is 3.03. The normalized spacial score (nSPS) is 24.9. The minimum atomic E-state index is -4.56. The first-order chi connectivity index (χ1) is 9.34. The molecule has 1 aliphatic heterocycles. The van der Waals surface area contributed by atoms with Crippen LogP contribution in [0.1, 0.15) is 30.0 Å². The summed E-state index contributed by atoms with van der Waals surface area (Å²) in [6.45, 7) is 1.04. The van der Waals surface area contributed by atoms with Crippen LogP contribution in [-0.4, -0.2) is 25.0 Å². The topological polar surface area (TPSA) is 29.3 Å². The van der Waals surface area contributed by atoms with Crippen LogP contribution in [0, 0.1) is 11.7 Å². The molecule has 6 heteroatoms. The number of nitrogens with zero attached hydrogens (tertiary/aromatic N) is 1. The highest BCUT2D eigenvalue weighted by Gasteiger charge is 2.39. The summed E-state index contributed by atoms with van der Waals surface area (Å²) in [7, 11) is 1.79. The van der Waals surface area contributed by atoms with E-state index in [1.165, 1.54) is 6.07 Å². The molecule has 1 fully saturated rings. The Hall–Kier alpha value is -1.14. The Balaban J connectivity index is 2.49. The SMILES string of the molecule is CN1CCCC(CN)C1c1ccc(F)cc1C(F)(F)F. The van der Waals surface area contributed by atoms with Crippen molar-refractivity contribution in [3.8, 4) is 0 Å². The summed E-state index contributed by atoms with van der Waals surface area (Å²) in [4.78, 5) is 1.88. The molecule has 0 radical (unpaired) electrons. The Bertz CT molecular complexity index is 473. The third kappa shape index (κ3) is 2.96. The van der Waals surface area contributed by atoms with Crippen LogP contribution in [0.2, 0.25) is 0 Å². The molecule has 0 bridgehead atoms. The van der Waals surface area contributed by atoms with Gasteiger partial charge in [-0.15, -0.1) is 0 Å². The smallest absolute Gasteiger partial charge is 0.330 e. The molecule has 1 heterocycles. The van der Waals surface area contributed by atoms with Crippen molar-refractivity contribution < 1.29 is 17.6 Å².